The first-order valence-corrected chi connectivity index (χ1v) is 5.80. The summed E-state index contributed by atoms with van der Waals surface area (Å²) in [6.45, 7) is 2.52. The summed E-state index contributed by atoms with van der Waals surface area (Å²) in [7, 11) is 3.28. The van der Waals surface area contributed by atoms with Crippen LogP contribution in [0.2, 0.25) is 5.02 Å². The lowest BCUT2D eigenvalue weighted by Crippen LogP contribution is -2.12. The van der Waals surface area contributed by atoms with Crippen LogP contribution in [-0.4, -0.2) is 40.6 Å². The Kier molecular flexibility index (Phi) is 6.77. The molecule has 1 N–H and O–H groups in total. The number of methoxy groups -OCH3 is 2. The summed E-state index contributed by atoms with van der Waals surface area (Å²) in [5.41, 5.74) is 0.871. The van der Waals surface area contributed by atoms with E-state index in [4.69, 9.17) is 25.8 Å². The maximum atomic E-state index is 5.91. The minimum absolute atomic E-state index is 0.602. The van der Waals surface area contributed by atoms with Crippen molar-refractivity contribution in [3.63, 3.8) is 0 Å². The van der Waals surface area contributed by atoms with Crippen molar-refractivity contribution < 1.29 is 14.2 Å². The molecule has 0 aliphatic rings. The maximum Gasteiger partial charge on any atom is 0.142 e. The van der Waals surface area contributed by atoms with E-state index in [1.807, 2.05) is 12.1 Å². The fourth-order valence-electron chi connectivity index (χ4n) is 1.32. The van der Waals surface area contributed by atoms with Crippen molar-refractivity contribution in [1.82, 2.24) is 0 Å². The Balaban J connectivity index is 2.32. The first-order valence-electron chi connectivity index (χ1n) is 5.42. The summed E-state index contributed by atoms with van der Waals surface area (Å²) in [6.07, 6.45) is 0. The van der Waals surface area contributed by atoms with E-state index in [-0.39, 0.29) is 0 Å². The molecule has 0 radical (unpaired) electrons. The van der Waals surface area contributed by atoms with Gasteiger partial charge in [0.15, 0.2) is 0 Å². The first-order chi connectivity index (χ1) is 8.27. The predicted molar refractivity (Wildman–Crippen MR) is 69.2 cm³/mol. The second-order valence-corrected chi connectivity index (χ2v) is 3.81. The molecule has 0 spiro atoms. The highest BCUT2D eigenvalue weighted by Crippen LogP contribution is 2.27. The fourth-order valence-corrected chi connectivity index (χ4v) is 1.49. The second-order valence-electron chi connectivity index (χ2n) is 3.38. The smallest absolute Gasteiger partial charge is 0.142 e. The van der Waals surface area contributed by atoms with Crippen LogP contribution < -0.4 is 10.1 Å². The molecule has 0 fully saturated rings. The van der Waals surface area contributed by atoms with Gasteiger partial charge in [0, 0.05) is 18.7 Å². The zero-order valence-electron chi connectivity index (χ0n) is 10.2. The van der Waals surface area contributed by atoms with E-state index in [0.717, 1.165) is 11.4 Å². The van der Waals surface area contributed by atoms with E-state index >= 15 is 0 Å². The minimum Gasteiger partial charge on any atom is -0.495 e. The molecule has 0 heterocycles. The largest absolute Gasteiger partial charge is 0.495 e. The van der Waals surface area contributed by atoms with Crippen LogP contribution in [0.3, 0.4) is 0 Å². The van der Waals surface area contributed by atoms with Gasteiger partial charge in [0.2, 0.25) is 0 Å². The van der Waals surface area contributed by atoms with Gasteiger partial charge in [-0.2, -0.15) is 0 Å². The molecule has 1 aromatic rings. The third-order valence-electron chi connectivity index (χ3n) is 2.16. The highest BCUT2D eigenvalue weighted by Gasteiger charge is 2.02. The molecule has 5 heteroatoms. The van der Waals surface area contributed by atoms with Gasteiger partial charge in [0.1, 0.15) is 5.75 Å². The van der Waals surface area contributed by atoms with Gasteiger partial charge in [-0.05, 0) is 18.2 Å². The van der Waals surface area contributed by atoms with Crippen molar-refractivity contribution in [2.24, 2.45) is 0 Å². The average molecular weight is 260 g/mol. The fraction of sp³-hybridized carbons (Fsp3) is 0.500. The van der Waals surface area contributed by atoms with Gasteiger partial charge >= 0.3 is 0 Å². The number of anilines is 1. The zero-order chi connectivity index (χ0) is 12.5. The molecule has 0 aliphatic carbocycles. The van der Waals surface area contributed by atoms with E-state index in [0.29, 0.717) is 31.4 Å². The highest BCUT2D eigenvalue weighted by atomic mass is 35.5. The summed E-state index contributed by atoms with van der Waals surface area (Å²) in [5.74, 6) is 0.770. The standard InChI is InChI=1S/C12H18ClNO3/c1-15-7-8-17-6-5-14-11-9-10(13)3-4-12(11)16-2/h3-4,9,14H,5-8H2,1-2H3. The summed E-state index contributed by atoms with van der Waals surface area (Å²) in [6, 6.07) is 5.45. The van der Waals surface area contributed by atoms with Gasteiger partial charge in [0.05, 0.1) is 32.6 Å². The maximum absolute atomic E-state index is 5.91. The zero-order valence-corrected chi connectivity index (χ0v) is 10.9. The number of rotatable bonds is 8. The minimum atomic E-state index is 0.602. The summed E-state index contributed by atoms with van der Waals surface area (Å²) < 4.78 is 15.4. The number of benzene rings is 1. The molecule has 0 saturated carbocycles. The van der Waals surface area contributed by atoms with Gasteiger partial charge in [-0.25, -0.2) is 0 Å². The molecular formula is C12H18ClNO3. The molecule has 0 aromatic heterocycles. The SMILES string of the molecule is COCCOCCNc1cc(Cl)ccc1OC. The molecule has 17 heavy (non-hydrogen) atoms. The molecule has 0 unspecified atom stereocenters. The van der Waals surface area contributed by atoms with Crippen molar-refractivity contribution in [3.8, 4) is 5.75 Å². The predicted octanol–water partition coefficient (Wildman–Crippen LogP) is 2.42. The summed E-state index contributed by atoms with van der Waals surface area (Å²) >= 11 is 5.91. The number of hydrogen-bond donors (Lipinski definition) is 1. The highest BCUT2D eigenvalue weighted by molar-refractivity contribution is 6.30. The molecule has 0 amide bonds. The molecule has 0 bridgehead atoms. The van der Waals surface area contributed by atoms with Crippen molar-refractivity contribution >= 4 is 17.3 Å². The summed E-state index contributed by atoms with van der Waals surface area (Å²) in [4.78, 5) is 0. The van der Waals surface area contributed by atoms with E-state index in [1.54, 1.807) is 20.3 Å². The van der Waals surface area contributed by atoms with Crippen molar-refractivity contribution in [3.05, 3.63) is 23.2 Å². The third kappa shape index (κ3) is 5.26. The first kappa shape index (κ1) is 14.1. The van der Waals surface area contributed by atoms with E-state index in [1.165, 1.54) is 0 Å². The van der Waals surface area contributed by atoms with Crippen LogP contribution >= 0.6 is 11.6 Å². The molecule has 1 rings (SSSR count). The molecule has 0 aliphatic heterocycles. The lowest BCUT2D eigenvalue weighted by atomic mass is 10.3. The van der Waals surface area contributed by atoms with Crippen LogP contribution in [0.5, 0.6) is 5.75 Å². The Bertz CT molecular complexity index is 334. The Morgan fingerprint density at radius 2 is 2.00 bits per heavy atom. The van der Waals surface area contributed by atoms with Gasteiger partial charge in [-0.1, -0.05) is 11.6 Å². The topological polar surface area (TPSA) is 39.7 Å². The van der Waals surface area contributed by atoms with Gasteiger partial charge in [-0.3, -0.25) is 0 Å². The lowest BCUT2D eigenvalue weighted by Gasteiger charge is -2.11. The normalized spacial score (nSPS) is 10.3. The number of nitrogens with one attached hydrogen (secondary N) is 1. The Morgan fingerprint density at radius 3 is 2.71 bits per heavy atom. The Morgan fingerprint density at radius 1 is 1.18 bits per heavy atom. The van der Waals surface area contributed by atoms with Crippen LogP contribution in [0.15, 0.2) is 18.2 Å². The monoisotopic (exact) mass is 259 g/mol. The van der Waals surface area contributed by atoms with Crippen molar-refractivity contribution in [1.29, 1.82) is 0 Å². The molecular weight excluding hydrogens is 242 g/mol. The van der Waals surface area contributed by atoms with Crippen LogP contribution in [0.1, 0.15) is 0 Å². The second kappa shape index (κ2) is 8.17. The Labute approximate surface area is 107 Å². The number of hydrogen-bond acceptors (Lipinski definition) is 4. The van der Waals surface area contributed by atoms with E-state index in [9.17, 15) is 0 Å². The number of ether oxygens (including phenoxy) is 3. The number of halogens is 1. The molecule has 4 nitrogen and oxygen atoms in total. The van der Waals surface area contributed by atoms with Crippen LogP contribution in [-0.2, 0) is 9.47 Å². The quantitative estimate of drug-likeness (QED) is 0.728. The average Bonchev–Trinajstić information content (AvgIpc) is 2.34. The third-order valence-corrected chi connectivity index (χ3v) is 2.39. The van der Waals surface area contributed by atoms with E-state index < -0.39 is 0 Å². The van der Waals surface area contributed by atoms with Crippen LogP contribution in [0.4, 0.5) is 5.69 Å². The molecule has 1 aromatic carbocycles. The molecule has 0 atom stereocenters. The van der Waals surface area contributed by atoms with Crippen molar-refractivity contribution in [2.45, 2.75) is 0 Å². The van der Waals surface area contributed by atoms with Crippen molar-refractivity contribution in [2.75, 3.05) is 45.9 Å². The molecule has 0 saturated heterocycles. The lowest BCUT2D eigenvalue weighted by molar-refractivity contribution is 0.0759. The Hall–Kier alpha value is -0.970. The van der Waals surface area contributed by atoms with Crippen LogP contribution in [0, 0.1) is 0 Å². The van der Waals surface area contributed by atoms with Crippen LogP contribution in [0.25, 0.3) is 0 Å². The van der Waals surface area contributed by atoms with Gasteiger partial charge in [-0.15, -0.1) is 0 Å². The van der Waals surface area contributed by atoms with E-state index in [2.05, 4.69) is 5.32 Å². The molecule has 96 valence electrons. The van der Waals surface area contributed by atoms with Gasteiger partial charge in [0.25, 0.3) is 0 Å². The summed E-state index contributed by atoms with van der Waals surface area (Å²) in [5, 5.41) is 3.88. The van der Waals surface area contributed by atoms with Gasteiger partial charge < -0.3 is 19.5 Å².